The minimum absolute atomic E-state index is 0.0507. The second-order valence-electron chi connectivity index (χ2n) is 4.92. The van der Waals surface area contributed by atoms with Crippen LogP contribution in [0.3, 0.4) is 0 Å². The number of sulfonamides is 1. The maximum absolute atomic E-state index is 12.1. The van der Waals surface area contributed by atoms with E-state index in [0.29, 0.717) is 12.0 Å². The van der Waals surface area contributed by atoms with Crippen LogP contribution in [0.5, 0.6) is 0 Å². The molecule has 0 aromatic heterocycles. The standard InChI is InChI=1S/C14H19NO4S/c1-2-14(16)11-6-5-9-13(10-11)20(17,18)15-19-12-7-3-4-8-12/h5-6,9-10,12,15H,2-4,7-8H2,1H3. The lowest BCUT2D eigenvalue weighted by Crippen LogP contribution is -2.28. The molecule has 6 heteroatoms. The lowest BCUT2D eigenvalue weighted by molar-refractivity contribution is 0.0223. The predicted octanol–water partition coefficient (Wildman–Crippen LogP) is 2.43. The Labute approximate surface area is 119 Å². The van der Waals surface area contributed by atoms with Gasteiger partial charge in [0.05, 0.1) is 11.0 Å². The third-order valence-corrected chi connectivity index (χ3v) is 4.60. The fourth-order valence-corrected chi connectivity index (χ4v) is 3.13. The van der Waals surface area contributed by atoms with Crippen LogP contribution in [0.25, 0.3) is 0 Å². The summed E-state index contributed by atoms with van der Waals surface area (Å²) in [6.07, 6.45) is 4.16. The molecule has 0 spiro atoms. The van der Waals surface area contributed by atoms with Crippen LogP contribution in [0.15, 0.2) is 29.2 Å². The van der Waals surface area contributed by atoms with E-state index >= 15 is 0 Å². The summed E-state index contributed by atoms with van der Waals surface area (Å²) in [6.45, 7) is 1.74. The average molecular weight is 297 g/mol. The Morgan fingerprint density at radius 3 is 2.70 bits per heavy atom. The topological polar surface area (TPSA) is 72.5 Å². The number of rotatable bonds is 6. The number of carbonyl (C=O) groups is 1. The molecule has 20 heavy (non-hydrogen) atoms. The number of Topliss-reactive ketones (excluding diaryl/α,β-unsaturated/α-hetero) is 1. The van der Waals surface area contributed by atoms with Crippen LogP contribution in [0.2, 0.25) is 0 Å². The molecule has 0 bridgehead atoms. The Hall–Kier alpha value is -1.24. The normalized spacial score (nSPS) is 16.4. The minimum Gasteiger partial charge on any atom is -0.294 e. The van der Waals surface area contributed by atoms with Crippen LogP contribution < -0.4 is 4.89 Å². The molecule has 110 valence electrons. The summed E-state index contributed by atoms with van der Waals surface area (Å²) in [6, 6.07) is 6.01. The highest BCUT2D eigenvalue weighted by atomic mass is 32.2. The molecule has 0 aliphatic heterocycles. The summed E-state index contributed by atoms with van der Waals surface area (Å²) in [5.41, 5.74) is 0.399. The van der Waals surface area contributed by atoms with Crippen molar-refractivity contribution in [3.8, 4) is 0 Å². The van der Waals surface area contributed by atoms with Gasteiger partial charge in [0.1, 0.15) is 0 Å². The average Bonchev–Trinajstić information content (AvgIpc) is 2.98. The Morgan fingerprint density at radius 2 is 2.05 bits per heavy atom. The van der Waals surface area contributed by atoms with Gasteiger partial charge in [0.15, 0.2) is 5.78 Å². The van der Waals surface area contributed by atoms with Gasteiger partial charge >= 0.3 is 0 Å². The third kappa shape index (κ3) is 3.65. The summed E-state index contributed by atoms with van der Waals surface area (Å²) in [7, 11) is -3.74. The molecular weight excluding hydrogens is 278 g/mol. The smallest absolute Gasteiger partial charge is 0.262 e. The SMILES string of the molecule is CCC(=O)c1cccc(S(=O)(=O)NOC2CCCC2)c1. The summed E-state index contributed by atoms with van der Waals surface area (Å²) >= 11 is 0. The van der Waals surface area contributed by atoms with Crippen molar-refractivity contribution in [3.05, 3.63) is 29.8 Å². The van der Waals surface area contributed by atoms with E-state index in [0.717, 1.165) is 25.7 Å². The molecule has 2 rings (SSSR count). The van der Waals surface area contributed by atoms with Gasteiger partial charge in [-0.1, -0.05) is 36.8 Å². The largest absolute Gasteiger partial charge is 0.294 e. The van der Waals surface area contributed by atoms with Crippen molar-refractivity contribution in [2.75, 3.05) is 0 Å². The number of hydrogen-bond acceptors (Lipinski definition) is 4. The Bertz CT molecular complexity index is 577. The van der Waals surface area contributed by atoms with Crippen molar-refractivity contribution >= 4 is 15.8 Å². The second-order valence-corrected chi connectivity index (χ2v) is 6.56. The highest BCUT2D eigenvalue weighted by molar-refractivity contribution is 7.89. The van der Waals surface area contributed by atoms with Crippen LogP contribution in [-0.4, -0.2) is 20.3 Å². The zero-order valence-electron chi connectivity index (χ0n) is 11.5. The van der Waals surface area contributed by atoms with Crippen LogP contribution in [-0.2, 0) is 14.9 Å². The van der Waals surface area contributed by atoms with Crippen molar-refractivity contribution in [1.82, 2.24) is 4.89 Å². The molecule has 0 saturated heterocycles. The number of ketones is 1. The molecule has 1 aliphatic carbocycles. The summed E-state index contributed by atoms with van der Waals surface area (Å²) in [4.78, 5) is 19.1. The molecule has 1 aromatic carbocycles. The van der Waals surface area contributed by atoms with E-state index in [9.17, 15) is 13.2 Å². The lowest BCUT2D eigenvalue weighted by atomic mass is 10.1. The first-order chi connectivity index (χ1) is 9.53. The van der Waals surface area contributed by atoms with Gasteiger partial charge in [-0.25, -0.2) is 8.42 Å². The first kappa shape index (κ1) is 15.2. The molecule has 0 unspecified atom stereocenters. The van der Waals surface area contributed by atoms with Crippen molar-refractivity contribution < 1.29 is 18.0 Å². The zero-order chi connectivity index (χ0) is 14.6. The number of hydrogen-bond donors (Lipinski definition) is 1. The third-order valence-electron chi connectivity index (χ3n) is 3.41. The first-order valence-corrected chi connectivity index (χ1v) is 8.32. The van der Waals surface area contributed by atoms with E-state index < -0.39 is 10.0 Å². The van der Waals surface area contributed by atoms with Crippen molar-refractivity contribution in [2.45, 2.75) is 50.0 Å². The molecular formula is C14H19NO4S. The number of carbonyl (C=O) groups excluding carboxylic acids is 1. The highest BCUT2D eigenvalue weighted by Crippen LogP contribution is 2.21. The first-order valence-electron chi connectivity index (χ1n) is 6.83. The molecule has 0 atom stereocenters. The highest BCUT2D eigenvalue weighted by Gasteiger charge is 2.21. The molecule has 1 saturated carbocycles. The lowest BCUT2D eigenvalue weighted by Gasteiger charge is -2.12. The molecule has 0 radical (unpaired) electrons. The van der Waals surface area contributed by atoms with Crippen LogP contribution >= 0.6 is 0 Å². The van der Waals surface area contributed by atoms with E-state index in [2.05, 4.69) is 4.89 Å². The van der Waals surface area contributed by atoms with Crippen LogP contribution in [0.4, 0.5) is 0 Å². The van der Waals surface area contributed by atoms with Gasteiger partial charge < -0.3 is 0 Å². The van der Waals surface area contributed by atoms with Gasteiger partial charge in [-0.3, -0.25) is 9.63 Å². The molecule has 5 nitrogen and oxygen atoms in total. The second kappa shape index (κ2) is 6.47. The van der Waals surface area contributed by atoms with Gasteiger partial charge in [0.25, 0.3) is 10.0 Å². The van der Waals surface area contributed by atoms with Gasteiger partial charge in [-0.2, -0.15) is 0 Å². The van der Waals surface area contributed by atoms with Crippen molar-refractivity contribution in [1.29, 1.82) is 0 Å². The monoisotopic (exact) mass is 297 g/mol. The van der Waals surface area contributed by atoms with Gasteiger partial charge in [-0.15, -0.1) is 0 Å². The van der Waals surface area contributed by atoms with E-state index in [-0.39, 0.29) is 16.8 Å². The van der Waals surface area contributed by atoms with Crippen molar-refractivity contribution in [3.63, 3.8) is 0 Å². The van der Waals surface area contributed by atoms with Crippen LogP contribution in [0, 0.1) is 0 Å². The minimum atomic E-state index is -3.74. The predicted molar refractivity (Wildman–Crippen MR) is 74.7 cm³/mol. The van der Waals surface area contributed by atoms with E-state index in [4.69, 9.17) is 4.84 Å². The quantitative estimate of drug-likeness (QED) is 0.646. The molecule has 1 aliphatic rings. The molecule has 1 aromatic rings. The fraction of sp³-hybridized carbons (Fsp3) is 0.500. The van der Waals surface area contributed by atoms with E-state index in [1.807, 2.05) is 0 Å². The van der Waals surface area contributed by atoms with Gasteiger partial charge in [-0.05, 0) is 25.0 Å². The Kier molecular flexibility index (Phi) is 4.91. The van der Waals surface area contributed by atoms with Crippen molar-refractivity contribution in [2.24, 2.45) is 0 Å². The number of benzene rings is 1. The molecule has 1 N–H and O–H groups in total. The van der Waals surface area contributed by atoms with Gasteiger partial charge in [0, 0.05) is 12.0 Å². The summed E-state index contributed by atoms with van der Waals surface area (Å²) in [5.74, 6) is -0.0845. The Balaban J connectivity index is 2.10. The molecule has 1 fully saturated rings. The summed E-state index contributed by atoms with van der Waals surface area (Å²) in [5, 5.41) is 0. The maximum Gasteiger partial charge on any atom is 0.262 e. The summed E-state index contributed by atoms with van der Waals surface area (Å²) < 4.78 is 24.2. The number of nitrogens with one attached hydrogen (secondary N) is 1. The maximum atomic E-state index is 12.1. The fourth-order valence-electron chi connectivity index (χ4n) is 2.23. The van der Waals surface area contributed by atoms with Gasteiger partial charge in [0.2, 0.25) is 0 Å². The molecule has 0 amide bonds. The zero-order valence-corrected chi connectivity index (χ0v) is 12.3. The molecule has 0 heterocycles. The van der Waals surface area contributed by atoms with E-state index in [1.54, 1.807) is 19.1 Å². The Morgan fingerprint density at radius 1 is 1.35 bits per heavy atom. The van der Waals surface area contributed by atoms with E-state index in [1.165, 1.54) is 12.1 Å². The van der Waals surface area contributed by atoms with Crippen LogP contribution in [0.1, 0.15) is 49.4 Å².